The predicted molar refractivity (Wildman–Crippen MR) is 80.5 cm³/mol. The molecular formula is C14H17N3OS. The summed E-state index contributed by atoms with van der Waals surface area (Å²) in [7, 11) is 0. The molecule has 1 heterocycles. The van der Waals surface area contributed by atoms with Crippen LogP contribution in [0.1, 0.15) is 15.3 Å². The minimum absolute atomic E-state index is 0.227. The van der Waals surface area contributed by atoms with Crippen LogP contribution in [0.2, 0.25) is 0 Å². The van der Waals surface area contributed by atoms with Gasteiger partial charge in [-0.3, -0.25) is 0 Å². The van der Waals surface area contributed by atoms with Gasteiger partial charge in [-0.1, -0.05) is 6.07 Å². The zero-order valence-electron chi connectivity index (χ0n) is 11.0. The molecule has 0 aliphatic heterocycles. The van der Waals surface area contributed by atoms with E-state index in [1.54, 1.807) is 35.6 Å². The highest BCUT2D eigenvalue weighted by Crippen LogP contribution is 2.20. The van der Waals surface area contributed by atoms with Crippen LogP contribution >= 0.6 is 11.3 Å². The number of nitrogens with one attached hydrogen (secondary N) is 2. The molecule has 0 aliphatic rings. The predicted octanol–water partition coefficient (Wildman–Crippen LogP) is 3.27. The van der Waals surface area contributed by atoms with Gasteiger partial charge in [0.15, 0.2) is 0 Å². The molecule has 0 fully saturated rings. The van der Waals surface area contributed by atoms with Crippen molar-refractivity contribution in [3.05, 3.63) is 45.6 Å². The maximum absolute atomic E-state index is 11.7. The van der Waals surface area contributed by atoms with Gasteiger partial charge in [0, 0.05) is 21.1 Å². The Morgan fingerprint density at radius 3 is 2.74 bits per heavy atom. The number of thiophene rings is 1. The number of anilines is 2. The maximum atomic E-state index is 11.7. The van der Waals surface area contributed by atoms with E-state index >= 15 is 0 Å². The molecule has 0 saturated carbocycles. The Balaban J connectivity index is 1.88. The molecule has 0 aliphatic carbocycles. The average Bonchev–Trinajstić information content (AvgIpc) is 2.66. The topological polar surface area (TPSA) is 67.2 Å². The molecule has 0 spiro atoms. The maximum Gasteiger partial charge on any atom is 0.319 e. The van der Waals surface area contributed by atoms with Gasteiger partial charge in [-0.25, -0.2) is 4.79 Å². The van der Waals surface area contributed by atoms with Crippen molar-refractivity contribution in [3.63, 3.8) is 0 Å². The Hall–Kier alpha value is -2.01. The Morgan fingerprint density at radius 1 is 1.32 bits per heavy atom. The van der Waals surface area contributed by atoms with Gasteiger partial charge in [0.2, 0.25) is 0 Å². The molecule has 0 atom stereocenters. The number of hydrogen-bond acceptors (Lipinski definition) is 3. The molecule has 4 nitrogen and oxygen atoms in total. The number of benzene rings is 1. The third kappa shape index (κ3) is 3.72. The van der Waals surface area contributed by atoms with Crippen molar-refractivity contribution in [2.24, 2.45) is 0 Å². The van der Waals surface area contributed by atoms with Crippen molar-refractivity contribution in [2.45, 2.75) is 20.4 Å². The lowest BCUT2D eigenvalue weighted by atomic mass is 10.3. The normalized spacial score (nSPS) is 10.2. The van der Waals surface area contributed by atoms with Crippen molar-refractivity contribution in [3.8, 4) is 0 Å². The lowest BCUT2D eigenvalue weighted by Gasteiger charge is -2.07. The molecule has 2 rings (SSSR count). The summed E-state index contributed by atoms with van der Waals surface area (Å²) in [5.41, 5.74) is 8.23. The summed E-state index contributed by atoms with van der Waals surface area (Å²) in [5, 5.41) is 5.58. The minimum Gasteiger partial charge on any atom is -0.399 e. The second-order valence-corrected chi connectivity index (χ2v) is 5.73. The van der Waals surface area contributed by atoms with Gasteiger partial charge in [0.05, 0.1) is 6.54 Å². The summed E-state index contributed by atoms with van der Waals surface area (Å²) < 4.78 is 0. The summed E-state index contributed by atoms with van der Waals surface area (Å²) in [6, 6.07) is 8.97. The van der Waals surface area contributed by atoms with Crippen molar-refractivity contribution < 1.29 is 4.79 Å². The van der Waals surface area contributed by atoms with Crippen LogP contribution in [-0.4, -0.2) is 6.03 Å². The first-order chi connectivity index (χ1) is 9.04. The van der Waals surface area contributed by atoms with Crippen LogP contribution in [0.5, 0.6) is 0 Å². The zero-order chi connectivity index (χ0) is 13.8. The molecule has 100 valence electrons. The molecule has 0 bridgehead atoms. The van der Waals surface area contributed by atoms with E-state index in [1.807, 2.05) is 0 Å². The third-order valence-corrected chi connectivity index (χ3v) is 3.94. The van der Waals surface area contributed by atoms with Crippen molar-refractivity contribution in [1.29, 1.82) is 0 Å². The first-order valence-electron chi connectivity index (χ1n) is 6.01. The Kier molecular flexibility index (Phi) is 4.06. The van der Waals surface area contributed by atoms with Crippen molar-refractivity contribution in [1.82, 2.24) is 5.32 Å². The minimum atomic E-state index is -0.227. The average molecular weight is 275 g/mol. The number of carbonyl (C=O) groups excluding carboxylic acids is 1. The summed E-state index contributed by atoms with van der Waals surface area (Å²) in [6.45, 7) is 4.69. The van der Waals surface area contributed by atoms with Crippen LogP contribution in [0, 0.1) is 13.8 Å². The van der Waals surface area contributed by atoms with E-state index in [1.165, 1.54) is 10.4 Å². The van der Waals surface area contributed by atoms with Crippen molar-refractivity contribution in [2.75, 3.05) is 11.1 Å². The summed E-state index contributed by atoms with van der Waals surface area (Å²) >= 11 is 1.70. The number of nitrogens with two attached hydrogens (primary N) is 1. The SMILES string of the molecule is Cc1cc(CNC(=O)Nc2cccc(N)c2)sc1C. The fourth-order valence-electron chi connectivity index (χ4n) is 1.70. The van der Waals surface area contributed by atoms with Gasteiger partial charge in [-0.15, -0.1) is 11.3 Å². The number of carbonyl (C=O) groups is 1. The molecule has 19 heavy (non-hydrogen) atoms. The van der Waals surface area contributed by atoms with E-state index in [0.717, 1.165) is 4.88 Å². The van der Waals surface area contributed by atoms with E-state index in [9.17, 15) is 4.79 Å². The number of amides is 2. The van der Waals surface area contributed by atoms with Crippen LogP contribution in [0.25, 0.3) is 0 Å². The monoisotopic (exact) mass is 275 g/mol. The molecule has 1 aromatic carbocycles. The Bertz CT molecular complexity index is 573. The van der Waals surface area contributed by atoms with Gasteiger partial charge in [0.25, 0.3) is 0 Å². The molecule has 4 N–H and O–H groups in total. The molecule has 0 saturated heterocycles. The van der Waals surface area contributed by atoms with Crippen LogP contribution in [-0.2, 0) is 6.54 Å². The molecule has 0 unspecified atom stereocenters. The molecule has 1 aromatic heterocycles. The van der Waals surface area contributed by atoms with Gasteiger partial charge < -0.3 is 16.4 Å². The largest absolute Gasteiger partial charge is 0.399 e. The standard InChI is InChI=1S/C14H17N3OS/c1-9-6-13(19-10(9)2)8-16-14(18)17-12-5-3-4-11(15)7-12/h3-7H,8,15H2,1-2H3,(H2,16,17,18). The molecule has 5 heteroatoms. The Labute approximate surface area is 116 Å². The summed E-state index contributed by atoms with van der Waals surface area (Å²) in [6.07, 6.45) is 0. The van der Waals surface area contributed by atoms with E-state index in [4.69, 9.17) is 5.73 Å². The van der Waals surface area contributed by atoms with Crippen LogP contribution < -0.4 is 16.4 Å². The number of urea groups is 1. The fourth-order valence-corrected chi connectivity index (χ4v) is 2.69. The summed E-state index contributed by atoms with van der Waals surface area (Å²) in [4.78, 5) is 14.2. The smallest absolute Gasteiger partial charge is 0.319 e. The lowest BCUT2D eigenvalue weighted by molar-refractivity contribution is 0.252. The molecule has 2 aromatic rings. The number of hydrogen-bond donors (Lipinski definition) is 3. The quantitative estimate of drug-likeness (QED) is 0.753. The Morgan fingerprint density at radius 2 is 2.11 bits per heavy atom. The highest BCUT2D eigenvalue weighted by atomic mass is 32.1. The fraction of sp³-hybridized carbons (Fsp3) is 0.214. The zero-order valence-corrected chi connectivity index (χ0v) is 11.8. The van der Waals surface area contributed by atoms with E-state index < -0.39 is 0 Å². The van der Waals surface area contributed by atoms with Crippen LogP contribution in [0.15, 0.2) is 30.3 Å². The highest BCUT2D eigenvalue weighted by Gasteiger charge is 2.05. The number of aryl methyl sites for hydroxylation is 2. The molecular weight excluding hydrogens is 258 g/mol. The van der Waals surface area contributed by atoms with E-state index in [2.05, 4.69) is 30.5 Å². The van der Waals surface area contributed by atoms with Gasteiger partial charge in [0.1, 0.15) is 0 Å². The third-order valence-electron chi connectivity index (χ3n) is 2.78. The van der Waals surface area contributed by atoms with Crippen LogP contribution in [0.3, 0.4) is 0 Å². The second-order valence-electron chi connectivity index (χ2n) is 4.39. The molecule has 0 radical (unpaired) electrons. The van der Waals surface area contributed by atoms with E-state index in [0.29, 0.717) is 17.9 Å². The van der Waals surface area contributed by atoms with Gasteiger partial charge >= 0.3 is 6.03 Å². The van der Waals surface area contributed by atoms with Crippen molar-refractivity contribution >= 4 is 28.7 Å². The summed E-state index contributed by atoms with van der Waals surface area (Å²) in [5.74, 6) is 0. The van der Waals surface area contributed by atoms with Crippen LogP contribution in [0.4, 0.5) is 16.2 Å². The van der Waals surface area contributed by atoms with Gasteiger partial charge in [-0.05, 0) is 43.7 Å². The highest BCUT2D eigenvalue weighted by molar-refractivity contribution is 7.12. The number of rotatable bonds is 3. The lowest BCUT2D eigenvalue weighted by Crippen LogP contribution is -2.27. The van der Waals surface area contributed by atoms with E-state index in [-0.39, 0.29) is 6.03 Å². The first kappa shape index (κ1) is 13.4. The second kappa shape index (κ2) is 5.75. The van der Waals surface area contributed by atoms with Gasteiger partial charge in [-0.2, -0.15) is 0 Å². The number of nitrogen functional groups attached to an aromatic ring is 1. The first-order valence-corrected chi connectivity index (χ1v) is 6.82. The molecule has 2 amide bonds.